The second kappa shape index (κ2) is 16.0. The van der Waals surface area contributed by atoms with Crippen molar-refractivity contribution in [3.8, 4) is 0 Å². The fourth-order valence-corrected chi connectivity index (χ4v) is 7.13. The maximum atomic E-state index is 14.1. The van der Waals surface area contributed by atoms with Crippen LogP contribution in [0.25, 0.3) is 50.4 Å². The van der Waals surface area contributed by atoms with E-state index in [0.29, 0.717) is 30.1 Å². The van der Waals surface area contributed by atoms with Crippen LogP contribution < -0.4 is 11.1 Å². The maximum absolute atomic E-state index is 14.1. The number of fused-ring (bicyclic) bond motifs is 8. The van der Waals surface area contributed by atoms with Crippen LogP contribution in [0, 0.1) is 13.8 Å². The molecule has 270 valence electrons. The summed E-state index contributed by atoms with van der Waals surface area (Å²) in [6.07, 6.45) is 11.7. The molecule has 52 heavy (non-hydrogen) atoms. The Hall–Kier alpha value is -5.25. The molecule has 6 heterocycles. The number of nitrogens with two attached hydrogens (primary N) is 1. The topological polar surface area (TPSA) is 137 Å². The minimum Gasteiger partial charge on any atom is -0.370 e. The number of rotatable bonds is 12. The van der Waals surface area contributed by atoms with Gasteiger partial charge in [-0.3, -0.25) is 9.59 Å². The zero-order valence-electron chi connectivity index (χ0n) is 30.5. The van der Waals surface area contributed by atoms with E-state index < -0.39 is 0 Å². The number of allylic oxidation sites excluding steroid dienone is 4. The van der Waals surface area contributed by atoms with Crippen molar-refractivity contribution in [2.45, 2.75) is 73.4 Å². The number of carbonyl (C=O) groups is 2. The Kier molecular flexibility index (Phi) is 11.7. The number of nitrogens with one attached hydrogen (secondary N) is 2. The average Bonchev–Trinajstić information content (AvgIpc) is 3.89. The summed E-state index contributed by atoms with van der Waals surface area (Å²) in [7, 11) is 0. The van der Waals surface area contributed by atoms with Gasteiger partial charge in [0.25, 0.3) is 5.91 Å². The van der Waals surface area contributed by atoms with Crippen LogP contribution in [-0.4, -0.2) is 47.4 Å². The summed E-state index contributed by atoms with van der Waals surface area (Å²) in [6.45, 7) is 20.1. The summed E-state index contributed by atoms with van der Waals surface area (Å²) in [5.74, 6) is -0.579. The number of H-pyrrole nitrogens is 1. The number of aromatic amines is 1. The van der Waals surface area contributed by atoms with Gasteiger partial charge in [0.2, 0.25) is 5.91 Å². The number of primary amides is 1. The predicted octanol–water partition coefficient (Wildman–Crippen LogP) is 7.32. The van der Waals surface area contributed by atoms with Gasteiger partial charge in [0.1, 0.15) is 0 Å². The molecular weight excluding hydrogens is 692 g/mol. The first kappa shape index (κ1) is 38.0. The molecular formula is C41H46FeN8O2. The molecule has 6 rings (SSSR count). The predicted molar refractivity (Wildman–Crippen MR) is 207 cm³/mol. The normalized spacial score (nSPS) is 12.6. The molecule has 0 fully saturated rings. The maximum Gasteiger partial charge on any atom is 0.253 e. The molecule has 11 heteroatoms. The van der Waals surface area contributed by atoms with E-state index in [1.165, 1.54) is 0 Å². The quantitative estimate of drug-likeness (QED) is 0.103. The Morgan fingerprint density at radius 1 is 0.904 bits per heavy atom. The summed E-state index contributed by atoms with van der Waals surface area (Å²) >= 11 is 0. The molecule has 4 aromatic heterocycles. The Morgan fingerprint density at radius 3 is 2.33 bits per heavy atom. The largest absolute Gasteiger partial charge is 0.370 e. The zero-order valence-corrected chi connectivity index (χ0v) is 31.6. The fraction of sp³-hybridized carbons (Fsp3) is 0.293. The molecule has 2 amide bonds. The second-order valence-corrected chi connectivity index (χ2v) is 13.2. The van der Waals surface area contributed by atoms with E-state index >= 15 is 0 Å². The Labute approximate surface area is 315 Å². The molecule has 0 saturated heterocycles. The van der Waals surface area contributed by atoms with E-state index in [4.69, 9.17) is 15.7 Å². The van der Waals surface area contributed by atoms with Crippen molar-refractivity contribution in [1.29, 1.82) is 0 Å². The average molecular weight is 739 g/mol. The number of aryl methyl sites for hydroxylation is 5. The second-order valence-electron chi connectivity index (χ2n) is 13.2. The summed E-state index contributed by atoms with van der Waals surface area (Å²) in [6, 6.07) is 8.14. The van der Waals surface area contributed by atoms with Crippen LogP contribution in [0.1, 0.15) is 85.1 Å². The third-order valence-electron chi connectivity index (χ3n) is 9.92. The molecule has 0 atom stereocenters. The van der Waals surface area contributed by atoms with E-state index in [1.54, 1.807) is 12.5 Å². The third kappa shape index (κ3) is 7.24. The molecule has 2 aliphatic rings. The van der Waals surface area contributed by atoms with E-state index in [-0.39, 0.29) is 35.3 Å². The van der Waals surface area contributed by atoms with Gasteiger partial charge in [-0.15, -0.1) is 0 Å². The molecule has 0 aliphatic carbocycles. The van der Waals surface area contributed by atoms with Crippen LogP contribution >= 0.6 is 0 Å². The van der Waals surface area contributed by atoms with Crippen molar-refractivity contribution >= 4 is 62.2 Å². The SMILES string of the molecule is C=CC1=C(C)c2cc3[nH]c(cc4c(C)c(CCC)c(cc5nc(cc1n2)C(C)=C5C(=O)NCCCn1ccnc1)n4CCC(N)=O)c(C)c3C=C.[Fe]. The van der Waals surface area contributed by atoms with Crippen molar-refractivity contribution in [3.63, 3.8) is 0 Å². The third-order valence-corrected chi connectivity index (χ3v) is 9.92. The Balaban J connectivity index is 0.00000523. The van der Waals surface area contributed by atoms with Crippen molar-refractivity contribution in [2.75, 3.05) is 6.54 Å². The molecule has 0 unspecified atom stereocenters. The van der Waals surface area contributed by atoms with Gasteiger partial charge in [-0.2, -0.15) is 0 Å². The van der Waals surface area contributed by atoms with Crippen LogP contribution in [0.2, 0.25) is 0 Å². The van der Waals surface area contributed by atoms with E-state index in [9.17, 15) is 9.59 Å². The molecule has 4 N–H and O–H groups in total. The van der Waals surface area contributed by atoms with E-state index in [0.717, 1.165) is 98.2 Å². The van der Waals surface area contributed by atoms with Crippen molar-refractivity contribution in [1.82, 2.24) is 34.4 Å². The van der Waals surface area contributed by atoms with Gasteiger partial charge in [0.15, 0.2) is 0 Å². The van der Waals surface area contributed by atoms with Gasteiger partial charge in [-0.25, -0.2) is 15.0 Å². The van der Waals surface area contributed by atoms with Gasteiger partial charge >= 0.3 is 0 Å². The number of imidazole rings is 1. The van der Waals surface area contributed by atoms with Crippen LogP contribution in [0.5, 0.6) is 0 Å². The van der Waals surface area contributed by atoms with Crippen LogP contribution in [0.4, 0.5) is 0 Å². The summed E-state index contributed by atoms with van der Waals surface area (Å²) in [4.78, 5) is 44.2. The molecule has 0 spiro atoms. The molecule has 8 bridgehead atoms. The number of carbonyl (C=O) groups excluding carboxylic acids is 2. The monoisotopic (exact) mass is 738 g/mol. The van der Waals surface area contributed by atoms with Crippen molar-refractivity contribution in [2.24, 2.45) is 5.73 Å². The summed E-state index contributed by atoms with van der Waals surface area (Å²) in [5, 5.41) is 3.14. The van der Waals surface area contributed by atoms with Gasteiger partial charge < -0.3 is 25.2 Å². The van der Waals surface area contributed by atoms with Gasteiger partial charge in [-0.05, 0) is 92.6 Å². The Morgan fingerprint density at radius 2 is 1.65 bits per heavy atom. The number of nitrogens with zero attached hydrogens (tertiary/aromatic N) is 5. The van der Waals surface area contributed by atoms with Gasteiger partial charge in [0.05, 0.1) is 34.7 Å². The van der Waals surface area contributed by atoms with E-state index in [2.05, 4.69) is 59.8 Å². The van der Waals surface area contributed by atoms with Crippen LogP contribution in [0.15, 0.2) is 62.2 Å². The number of hydrogen-bond donors (Lipinski definition) is 3. The van der Waals surface area contributed by atoms with Crippen LogP contribution in [-0.2, 0) is 46.2 Å². The summed E-state index contributed by atoms with van der Waals surface area (Å²) in [5.41, 5.74) is 19.6. The first-order valence-corrected chi connectivity index (χ1v) is 17.5. The minimum atomic E-state index is -0.386. The van der Waals surface area contributed by atoms with E-state index in [1.807, 2.05) is 55.0 Å². The number of hydrogen-bond acceptors (Lipinski definition) is 5. The number of amides is 2. The first-order chi connectivity index (χ1) is 24.6. The summed E-state index contributed by atoms with van der Waals surface area (Å²) < 4.78 is 4.14. The minimum absolute atomic E-state index is 0. The van der Waals surface area contributed by atoms with Crippen LogP contribution in [0.3, 0.4) is 0 Å². The number of aromatic nitrogens is 6. The smallest absolute Gasteiger partial charge is 0.253 e. The molecule has 0 radical (unpaired) electrons. The molecule has 0 saturated carbocycles. The van der Waals surface area contributed by atoms with Gasteiger partial charge in [-0.1, -0.05) is 38.7 Å². The van der Waals surface area contributed by atoms with Crippen molar-refractivity contribution in [3.05, 3.63) is 107 Å². The first-order valence-electron chi connectivity index (χ1n) is 17.5. The fourth-order valence-electron chi connectivity index (χ4n) is 7.13. The molecule has 0 aromatic carbocycles. The Bertz CT molecular complexity index is 2300. The van der Waals surface area contributed by atoms with Crippen molar-refractivity contribution < 1.29 is 26.7 Å². The van der Waals surface area contributed by atoms with Gasteiger partial charge in [0, 0.05) is 88.7 Å². The molecule has 10 nitrogen and oxygen atoms in total. The molecule has 2 aliphatic heterocycles. The standard InChI is InChI=1S/C41H46N8O2.Fe/c1-8-12-30-26(6)37-21-33-25(5)29(10-3)34(46-33)19-31-24(4)28(9-2)35(45-31)20-32-27(7)40(41(51)44-14-11-16-48-18-15-43-23-48)36(47-32)22-38(30)49(37)17-13-39(42)50;/h9-10,15,18-23,46H,2-3,8,11-14,16-17H2,1,4-7H3,(H2,42,50)(H,44,51);. The molecule has 4 aromatic rings. The zero-order chi connectivity index (χ0) is 36.4.